The highest BCUT2D eigenvalue weighted by Crippen LogP contribution is 2.37. The molecule has 2 aromatic carbocycles. The summed E-state index contributed by atoms with van der Waals surface area (Å²) < 4.78 is 74.5. The van der Waals surface area contributed by atoms with Gasteiger partial charge in [-0.1, -0.05) is 6.92 Å². The summed E-state index contributed by atoms with van der Waals surface area (Å²) in [5.41, 5.74) is 0.786. The van der Waals surface area contributed by atoms with E-state index in [4.69, 9.17) is 9.47 Å². The van der Waals surface area contributed by atoms with Crippen molar-refractivity contribution in [1.82, 2.24) is 9.97 Å². The minimum atomic E-state index is -4.45. The Morgan fingerprint density at radius 3 is 2.33 bits per heavy atom. The van der Waals surface area contributed by atoms with Gasteiger partial charge in [0.1, 0.15) is 18.7 Å². The van der Waals surface area contributed by atoms with Crippen molar-refractivity contribution in [2.75, 3.05) is 43.8 Å². The molecule has 0 atom stereocenters. The Bertz CT molecular complexity index is 1270. The van der Waals surface area contributed by atoms with Crippen LogP contribution >= 0.6 is 0 Å². The van der Waals surface area contributed by atoms with E-state index in [1.54, 1.807) is 12.1 Å². The predicted molar refractivity (Wildman–Crippen MR) is 119 cm³/mol. The van der Waals surface area contributed by atoms with Crippen LogP contribution < -0.4 is 19.7 Å². The minimum Gasteiger partial charge on any atom is -0.493 e. The van der Waals surface area contributed by atoms with E-state index < -0.39 is 22.6 Å². The van der Waals surface area contributed by atoms with E-state index >= 15 is 0 Å². The molecule has 0 saturated carbocycles. The first-order valence-electron chi connectivity index (χ1n) is 9.77. The second kappa shape index (κ2) is 9.30. The lowest BCUT2D eigenvalue weighted by Crippen LogP contribution is -2.31. The zero-order chi connectivity index (χ0) is 24.4. The fraction of sp³-hybridized carbons (Fsp3) is 0.333. The number of methoxy groups -OCH3 is 2. The first-order chi connectivity index (χ1) is 15.5. The second-order valence-corrected chi connectivity index (χ2v) is 9.40. The van der Waals surface area contributed by atoms with Crippen LogP contribution in [0.4, 0.5) is 30.4 Å². The van der Waals surface area contributed by atoms with Crippen molar-refractivity contribution in [2.45, 2.75) is 18.0 Å². The topological polar surface area (TPSA) is 93.7 Å². The Morgan fingerprint density at radius 2 is 1.73 bits per heavy atom. The van der Waals surface area contributed by atoms with Gasteiger partial charge in [0.2, 0.25) is 0 Å². The number of ether oxygens (including phenoxy) is 2. The van der Waals surface area contributed by atoms with Gasteiger partial charge in [-0.2, -0.15) is 13.2 Å². The highest BCUT2D eigenvalue weighted by Gasteiger charge is 2.30. The molecular weight excluding hydrogens is 461 g/mol. The molecule has 1 aromatic heterocycles. The van der Waals surface area contributed by atoms with Crippen LogP contribution in [0.15, 0.2) is 41.6 Å². The van der Waals surface area contributed by atoms with Gasteiger partial charge in [0.05, 0.1) is 41.8 Å². The molecule has 0 radical (unpaired) electrons. The monoisotopic (exact) mass is 484 g/mol. The number of hydrogen-bond donors (Lipinski definition) is 1. The molecule has 8 nitrogen and oxygen atoms in total. The number of nitrogens with one attached hydrogen (secondary N) is 1. The highest BCUT2D eigenvalue weighted by atomic mass is 32.2. The summed E-state index contributed by atoms with van der Waals surface area (Å²) in [4.78, 5) is 9.38. The third-order valence-corrected chi connectivity index (χ3v) is 6.66. The van der Waals surface area contributed by atoms with Crippen LogP contribution in [-0.2, 0) is 9.84 Å². The molecule has 0 unspecified atom stereocenters. The Balaban J connectivity index is 2.16. The number of sulfone groups is 1. The van der Waals surface area contributed by atoms with E-state index in [-0.39, 0.29) is 27.8 Å². The first-order valence-corrected chi connectivity index (χ1v) is 11.4. The molecule has 3 rings (SSSR count). The number of fused-ring (bicyclic) bond motifs is 1. The number of benzene rings is 2. The van der Waals surface area contributed by atoms with Gasteiger partial charge in [0.25, 0.3) is 0 Å². The number of halogens is 3. The zero-order valence-corrected chi connectivity index (χ0v) is 19.2. The van der Waals surface area contributed by atoms with E-state index in [0.29, 0.717) is 22.4 Å². The van der Waals surface area contributed by atoms with E-state index in [2.05, 4.69) is 15.3 Å². The van der Waals surface area contributed by atoms with Crippen molar-refractivity contribution in [3.05, 3.63) is 36.7 Å². The zero-order valence-electron chi connectivity index (χ0n) is 18.4. The van der Waals surface area contributed by atoms with Crippen LogP contribution in [0.1, 0.15) is 6.92 Å². The molecular formula is C21H23F3N4O4S. The van der Waals surface area contributed by atoms with Gasteiger partial charge in [0.15, 0.2) is 21.3 Å². The second-order valence-electron chi connectivity index (χ2n) is 7.13. The van der Waals surface area contributed by atoms with Crippen molar-refractivity contribution in [3.8, 4) is 11.5 Å². The van der Waals surface area contributed by atoms with Crippen LogP contribution in [0.5, 0.6) is 11.5 Å². The number of alkyl halides is 3. The van der Waals surface area contributed by atoms with Gasteiger partial charge in [-0.3, -0.25) is 0 Å². The molecule has 12 heteroatoms. The lowest BCUT2D eigenvalue weighted by Gasteiger charge is -2.24. The maximum atomic E-state index is 13.0. The fourth-order valence-electron chi connectivity index (χ4n) is 3.27. The molecule has 33 heavy (non-hydrogen) atoms. The van der Waals surface area contributed by atoms with Gasteiger partial charge in [-0.15, -0.1) is 0 Å². The van der Waals surface area contributed by atoms with Gasteiger partial charge >= 0.3 is 6.18 Å². The number of aromatic nitrogens is 2. The lowest BCUT2D eigenvalue weighted by molar-refractivity contribution is -0.119. The summed E-state index contributed by atoms with van der Waals surface area (Å²) in [6.45, 7) is 0.265. The molecule has 0 aliphatic heterocycles. The third kappa shape index (κ3) is 5.38. The van der Waals surface area contributed by atoms with Crippen LogP contribution in [-0.4, -0.2) is 58.1 Å². The maximum Gasteiger partial charge on any atom is 0.405 e. The molecule has 0 aliphatic rings. The first kappa shape index (κ1) is 24.4. The van der Waals surface area contributed by atoms with Crippen molar-refractivity contribution < 1.29 is 31.1 Å². The molecule has 0 spiro atoms. The number of anilines is 3. The van der Waals surface area contributed by atoms with Crippen LogP contribution in [0.3, 0.4) is 0 Å². The van der Waals surface area contributed by atoms with E-state index in [1.165, 1.54) is 52.7 Å². The Hall–Kier alpha value is -3.28. The van der Waals surface area contributed by atoms with Crippen LogP contribution in [0.25, 0.3) is 10.9 Å². The van der Waals surface area contributed by atoms with Gasteiger partial charge < -0.3 is 19.7 Å². The average molecular weight is 485 g/mol. The van der Waals surface area contributed by atoms with Gasteiger partial charge in [-0.05, 0) is 24.3 Å². The van der Waals surface area contributed by atoms with Crippen molar-refractivity contribution >= 4 is 37.9 Å². The molecule has 1 heterocycles. The van der Waals surface area contributed by atoms with Crippen molar-refractivity contribution in [1.29, 1.82) is 0 Å². The summed E-state index contributed by atoms with van der Waals surface area (Å²) in [5, 5.41) is 3.49. The maximum absolute atomic E-state index is 13.0. The summed E-state index contributed by atoms with van der Waals surface area (Å²) in [7, 11) is 0.610. The summed E-state index contributed by atoms with van der Waals surface area (Å²) in [6, 6.07) is 7.19. The number of rotatable bonds is 8. The molecule has 178 valence electrons. The van der Waals surface area contributed by atoms with Crippen LogP contribution in [0, 0.1) is 0 Å². The summed E-state index contributed by atoms with van der Waals surface area (Å²) >= 11 is 0. The quantitative estimate of drug-likeness (QED) is 0.509. The fourth-order valence-corrected chi connectivity index (χ4v) is 4.18. The largest absolute Gasteiger partial charge is 0.493 e. The van der Waals surface area contributed by atoms with Crippen molar-refractivity contribution in [2.24, 2.45) is 0 Å². The van der Waals surface area contributed by atoms with E-state index in [0.717, 1.165) is 4.90 Å². The van der Waals surface area contributed by atoms with Crippen molar-refractivity contribution in [3.63, 3.8) is 0 Å². The van der Waals surface area contributed by atoms with E-state index in [9.17, 15) is 21.6 Å². The molecule has 3 aromatic rings. The summed E-state index contributed by atoms with van der Waals surface area (Å²) in [6.07, 6.45) is -3.17. The summed E-state index contributed by atoms with van der Waals surface area (Å²) in [5.74, 6) is 0.946. The molecule has 0 fully saturated rings. The highest BCUT2D eigenvalue weighted by molar-refractivity contribution is 7.91. The smallest absolute Gasteiger partial charge is 0.405 e. The Kier molecular flexibility index (Phi) is 6.86. The van der Waals surface area contributed by atoms with Crippen LogP contribution in [0.2, 0.25) is 0 Å². The SMILES string of the molecule is CCS(=O)(=O)c1ccc(N(C)CC(F)(F)F)c(Nc2ncnc3cc(OC)c(OC)cc23)c1. The molecule has 0 bridgehead atoms. The van der Waals surface area contributed by atoms with Gasteiger partial charge in [0, 0.05) is 18.5 Å². The number of nitrogens with zero attached hydrogens (tertiary/aromatic N) is 3. The standard InChI is InChI=1S/C21H23F3N4O4S/c1-5-33(29,30)13-6-7-17(28(2)11-21(22,23)24)16(8-13)27-20-14-9-18(31-3)19(32-4)10-15(14)25-12-26-20/h6-10,12H,5,11H2,1-4H3,(H,25,26,27). The molecule has 0 amide bonds. The number of hydrogen-bond acceptors (Lipinski definition) is 8. The predicted octanol–water partition coefficient (Wildman–Crippen LogP) is 4.18. The molecule has 0 saturated heterocycles. The van der Waals surface area contributed by atoms with E-state index in [1.807, 2.05) is 0 Å². The lowest BCUT2D eigenvalue weighted by atomic mass is 10.2. The van der Waals surface area contributed by atoms with Gasteiger partial charge in [-0.25, -0.2) is 18.4 Å². The Morgan fingerprint density at radius 1 is 1.06 bits per heavy atom. The Labute approximate surface area is 189 Å². The normalized spacial score (nSPS) is 12.0. The average Bonchev–Trinajstić information content (AvgIpc) is 2.77. The minimum absolute atomic E-state index is 0.0192. The third-order valence-electron chi connectivity index (χ3n) is 4.93. The molecule has 0 aliphatic carbocycles. The molecule has 1 N–H and O–H groups in total.